The molecule has 2 aromatic heterocycles. The monoisotopic (exact) mass is 545 g/mol. The number of amides is 1. The summed E-state index contributed by atoms with van der Waals surface area (Å²) in [5.74, 6) is 1.63. The van der Waals surface area contributed by atoms with Crippen molar-refractivity contribution in [2.75, 3.05) is 25.2 Å². The summed E-state index contributed by atoms with van der Waals surface area (Å²) < 4.78 is 31.8. The highest BCUT2D eigenvalue weighted by Gasteiger charge is 2.73. The number of ether oxygens (including phenoxy) is 2. The first-order chi connectivity index (χ1) is 19.3. The number of anilines is 1. The number of methoxy groups -OCH3 is 1. The van der Waals surface area contributed by atoms with E-state index in [1.165, 1.54) is 0 Å². The highest BCUT2D eigenvalue weighted by Crippen LogP contribution is 2.70. The largest absolute Gasteiger partial charge is 0.467 e. The molecule has 2 aliphatic heterocycles. The van der Waals surface area contributed by atoms with Crippen LogP contribution < -0.4 is 9.64 Å². The van der Waals surface area contributed by atoms with E-state index in [4.69, 9.17) is 14.0 Å². The van der Waals surface area contributed by atoms with Gasteiger partial charge >= 0.3 is 6.01 Å². The maximum absolute atomic E-state index is 14.5. The third kappa shape index (κ3) is 3.71. The Morgan fingerprint density at radius 3 is 2.50 bits per heavy atom. The van der Waals surface area contributed by atoms with Gasteiger partial charge in [0.1, 0.15) is 5.67 Å². The van der Waals surface area contributed by atoms with Crippen LogP contribution in [0.3, 0.4) is 0 Å². The van der Waals surface area contributed by atoms with Crippen LogP contribution in [0.5, 0.6) is 6.01 Å². The second-order valence-corrected chi connectivity index (χ2v) is 12.9. The van der Waals surface area contributed by atoms with Crippen molar-refractivity contribution < 1.29 is 23.2 Å². The average Bonchev–Trinajstić information content (AvgIpc) is 3.70. The highest BCUT2D eigenvalue weighted by molar-refractivity contribution is 6.00. The van der Waals surface area contributed by atoms with Gasteiger partial charge in [0.2, 0.25) is 5.91 Å². The molecule has 7 aliphatic rings. The fourth-order valence-electron chi connectivity index (χ4n) is 7.46. The Labute approximate surface area is 231 Å². The van der Waals surface area contributed by atoms with E-state index in [1.807, 2.05) is 29.2 Å². The van der Waals surface area contributed by atoms with Crippen molar-refractivity contribution >= 4 is 11.6 Å². The second kappa shape index (κ2) is 8.31. The second-order valence-electron chi connectivity index (χ2n) is 12.9. The molecular weight excluding hydrogens is 513 g/mol. The highest BCUT2D eigenvalue weighted by atomic mass is 19.1. The Bertz CT molecular complexity index is 1440. The van der Waals surface area contributed by atoms with Gasteiger partial charge in [-0.2, -0.15) is 4.98 Å². The van der Waals surface area contributed by atoms with Gasteiger partial charge in [-0.25, -0.2) is 14.4 Å². The molecule has 9 nitrogen and oxygen atoms in total. The molecule has 0 radical (unpaired) electrons. The molecule has 1 amide bonds. The lowest BCUT2D eigenvalue weighted by Crippen LogP contribution is -2.71. The maximum Gasteiger partial charge on any atom is 0.316 e. The Morgan fingerprint density at radius 2 is 1.88 bits per heavy atom. The Balaban J connectivity index is 1.07. The van der Waals surface area contributed by atoms with Crippen molar-refractivity contribution in [2.45, 2.75) is 75.0 Å². The number of nitrogens with zero attached hydrogens (tertiary/aromatic N) is 5. The number of alkyl halides is 1. The summed E-state index contributed by atoms with van der Waals surface area (Å²) in [6.45, 7) is 1.07. The van der Waals surface area contributed by atoms with E-state index in [9.17, 15) is 9.18 Å². The fourth-order valence-corrected chi connectivity index (χ4v) is 7.46. The molecule has 4 bridgehead atoms. The van der Waals surface area contributed by atoms with Crippen molar-refractivity contribution in [1.82, 2.24) is 20.1 Å². The van der Waals surface area contributed by atoms with Gasteiger partial charge in [-0.3, -0.25) is 4.79 Å². The molecule has 0 unspecified atom stereocenters. The summed E-state index contributed by atoms with van der Waals surface area (Å²) >= 11 is 0. The van der Waals surface area contributed by atoms with Crippen LogP contribution in [0, 0.1) is 10.8 Å². The predicted molar refractivity (Wildman–Crippen MR) is 141 cm³/mol. The normalized spacial score (nSPS) is 33.6. The summed E-state index contributed by atoms with van der Waals surface area (Å²) in [5.41, 5.74) is 0.216. The fraction of sp³-hybridized carbons (Fsp3) is 0.567. The number of benzene rings is 1. The lowest BCUT2D eigenvalue weighted by molar-refractivity contribution is -0.213. The third-order valence-electron chi connectivity index (χ3n) is 10.1. The van der Waals surface area contributed by atoms with Crippen LogP contribution in [-0.4, -0.2) is 51.9 Å². The SMILES string of the molecule is COc1ncc(C23CCC(CN(C(=O)C45CC(F)(C4)C5)c4cccc(-c5nc(C6CC6)no5)c4)(CC2)CO3)cn1. The van der Waals surface area contributed by atoms with Crippen LogP contribution in [-0.2, 0) is 15.1 Å². The zero-order valence-corrected chi connectivity index (χ0v) is 22.6. The molecule has 10 heteroatoms. The molecule has 3 aromatic rings. The summed E-state index contributed by atoms with van der Waals surface area (Å²) in [5, 5.41) is 4.16. The molecule has 40 heavy (non-hydrogen) atoms. The Morgan fingerprint density at radius 1 is 1.12 bits per heavy atom. The first kappa shape index (κ1) is 24.4. The number of carbonyl (C=O) groups is 1. The number of fused-ring (bicyclic) bond motifs is 3. The standard InChI is InChI=1S/C30H32FN5O4/c1-38-26-32-12-21(13-33-26)30-9-7-27(8-10-30,18-39-30)17-36(25(37)28-14-29(31,15-28)16-28)22-4-2-3-20(11-22)24-34-23(35-40-24)19-5-6-19/h2-4,11-13,19H,5-10,14-18H2,1H3. The first-order valence-electron chi connectivity index (χ1n) is 14.3. The molecule has 7 fully saturated rings. The van der Waals surface area contributed by atoms with E-state index in [1.54, 1.807) is 19.5 Å². The van der Waals surface area contributed by atoms with E-state index in [0.717, 1.165) is 61.2 Å². The van der Waals surface area contributed by atoms with Crippen LogP contribution >= 0.6 is 0 Å². The number of carbonyl (C=O) groups excluding carboxylic acids is 1. The minimum atomic E-state index is -1.15. The minimum Gasteiger partial charge on any atom is -0.467 e. The van der Waals surface area contributed by atoms with Gasteiger partial charge in [0.15, 0.2) is 5.82 Å². The lowest BCUT2D eigenvalue weighted by Gasteiger charge is -2.65. The molecule has 4 heterocycles. The zero-order valence-electron chi connectivity index (χ0n) is 22.6. The van der Waals surface area contributed by atoms with Crippen LogP contribution in [0.2, 0.25) is 0 Å². The molecule has 2 saturated heterocycles. The maximum atomic E-state index is 14.5. The summed E-state index contributed by atoms with van der Waals surface area (Å²) in [4.78, 5) is 29.2. The van der Waals surface area contributed by atoms with E-state index in [-0.39, 0.29) is 11.3 Å². The van der Waals surface area contributed by atoms with Gasteiger partial charge in [-0.15, -0.1) is 0 Å². The summed E-state index contributed by atoms with van der Waals surface area (Å²) in [6, 6.07) is 8.11. The van der Waals surface area contributed by atoms with E-state index >= 15 is 0 Å². The molecule has 0 spiro atoms. The average molecular weight is 546 g/mol. The minimum absolute atomic E-state index is 0.0220. The van der Waals surface area contributed by atoms with Gasteiger partial charge in [-0.1, -0.05) is 11.2 Å². The first-order valence-corrected chi connectivity index (χ1v) is 14.3. The lowest BCUT2D eigenvalue weighted by atomic mass is 9.41. The van der Waals surface area contributed by atoms with Crippen molar-refractivity contribution in [3.63, 3.8) is 0 Å². The van der Waals surface area contributed by atoms with Gasteiger partial charge in [0.05, 0.1) is 24.7 Å². The van der Waals surface area contributed by atoms with E-state index in [2.05, 4.69) is 20.1 Å². The Kier molecular flexibility index (Phi) is 5.07. The summed E-state index contributed by atoms with van der Waals surface area (Å²) in [7, 11) is 1.55. The topological polar surface area (TPSA) is 103 Å². The number of hydrogen-bond donors (Lipinski definition) is 0. The molecular formula is C30H32FN5O4. The molecule has 1 aromatic carbocycles. The van der Waals surface area contributed by atoms with E-state index in [0.29, 0.717) is 50.2 Å². The zero-order chi connectivity index (χ0) is 27.2. The van der Waals surface area contributed by atoms with Crippen LogP contribution in [0.25, 0.3) is 11.5 Å². The van der Waals surface area contributed by atoms with Crippen LogP contribution in [0.15, 0.2) is 41.2 Å². The smallest absolute Gasteiger partial charge is 0.316 e. The Hall–Kier alpha value is -3.40. The van der Waals surface area contributed by atoms with Gasteiger partial charge in [-0.05, 0) is 76.0 Å². The number of aromatic nitrogens is 4. The van der Waals surface area contributed by atoms with Crippen molar-refractivity contribution in [2.24, 2.45) is 10.8 Å². The molecule has 5 aliphatic carbocycles. The predicted octanol–water partition coefficient (Wildman–Crippen LogP) is 5.12. The number of rotatable bonds is 8. The van der Waals surface area contributed by atoms with Gasteiger partial charge < -0.3 is 18.9 Å². The van der Waals surface area contributed by atoms with Crippen LogP contribution in [0.4, 0.5) is 10.1 Å². The van der Waals surface area contributed by atoms with Crippen molar-refractivity contribution in [1.29, 1.82) is 0 Å². The van der Waals surface area contributed by atoms with Crippen molar-refractivity contribution in [3.05, 3.63) is 48.0 Å². The molecule has 10 rings (SSSR count). The summed E-state index contributed by atoms with van der Waals surface area (Å²) in [6.07, 6.45) is 10.3. The quantitative estimate of drug-likeness (QED) is 0.384. The third-order valence-corrected chi connectivity index (χ3v) is 10.1. The number of hydrogen-bond acceptors (Lipinski definition) is 8. The molecule has 0 N–H and O–H groups in total. The molecule has 5 saturated carbocycles. The molecule has 0 atom stereocenters. The van der Waals surface area contributed by atoms with Crippen LogP contribution in [0.1, 0.15) is 75.1 Å². The van der Waals surface area contributed by atoms with Gasteiger partial charge in [0, 0.05) is 47.1 Å². The molecule has 208 valence electrons. The van der Waals surface area contributed by atoms with E-state index < -0.39 is 16.7 Å². The van der Waals surface area contributed by atoms with Crippen molar-refractivity contribution in [3.8, 4) is 17.5 Å². The van der Waals surface area contributed by atoms with Gasteiger partial charge in [0.25, 0.3) is 5.89 Å². The number of halogens is 1.